The summed E-state index contributed by atoms with van der Waals surface area (Å²) in [5, 5.41) is 6.73. The van der Waals surface area contributed by atoms with E-state index in [1.54, 1.807) is 0 Å². The van der Waals surface area contributed by atoms with Gasteiger partial charge < -0.3 is 5.32 Å². The highest BCUT2D eigenvalue weighted by Gasteiger charge is 2.27. The van der Waals surface area contributed by atoms with Gasteiger partial charge in [0.25, 0.3) is 0 Å². The van der Waals surface area contributed by atoms with Crippen LogP contribution in [0.5, 0.6) is 0 Å². The summed E-state index contributed by atoms with van der Waals surface area (Å²) in [5.41, 5.74) is 4.50. The number of benzene rings is 4. The number of thiocarbonyl (C=S) groups is 1. The van der Waals surface area contributed by atoms with Gasteiger partial charge in [-0.05, 0) is 49.3 Å². The monoisotopic (exact) mass is 440 g/mol. The van der Waals surface area contributed by atoms with Crippen molar-refractivity contribution in [2.45, 2.75) is 13.8 Å². The van der Waals surface area contributed by atoms with E-state index in [0.29, 0.717) is 5.11 Å². The minimum Gasteiger partial charge on any atom is -0.332 e. The highest BCUT2D eigenvalue weighted by atomic mass is 32.1. The quantitative estimate of drug-likeness (QED) is 0.280. The first-order valence-electron chi connectivity index (χ1n) is 10.3. The third-order valence-corrected chi connectivity index (χ3v) is 7.93. The van der Waals surface area contributed by atoms with E-state index in [1.807, 2.05) is 12.1 Å². The van der Waals surface area contributed by atoms with E-state index in [0.717, 1.165) is 11.4 Å². The molecular weight excluding hydrogens is 415 g/mol. The molecule has 154 valence electrons. The Morgan fingerprint density at radius 2 is 1.13 bits per heavy atom. The normalized spacial score (nSPS) is 10.7. The molecule has 0 aliphatic rings. The van der Waals surface area contributed by atoms with Gasteiger partial charge in [-0.1, -0.05) is 97.1 Å². The van der Waals surface area contributed by atoms with Gasteiger partial charge in [-0.25, -0.2) is 0 Å². The van der Waals surface area contributed by atoms with Gasteiger partial charge >= 0.3 is 0 Å². The number of nitrogens with zero attached hydrogens (tertiary/aromatic N) is 1. The molecule has 4 rings (SSSR count). The van der Waals surface area contributed by atoms with Crippen LogP contribution in [0.4, 0.5) is 11.4 Å². The molecule has 4 aromatic rings. The maximum Gasteiger partial charge on any atom is 0.181 e. The first-order valence-corrected chi connectivity index (χ1v) is 12.0. The van der Waals surface area contributed by atoms with Crippen molar-refractivity contribution in [1.29, 1.82) is 0 Å². The second-order valence-corrected chi connectivity index (χ2v) is 9.77. The molecule has 4 heteroatoms. The molecule has 0 aliphatic heterocycles. The summed E-state index contributed by atoms with van der Waals surface area (Å²) < 4.78 is 2.30. The van der Waals surface area contributed by atoms with E-state index >= 15 is 0 Å². The lowest BCUT2D eigenvalue weighted by Gasteiger charge is -2.35. The number of hydrogen-bond acceptors (Lipinski definition) is 1. The maximum atomic E-state index is 6.07. The van der Waals surface area contributed by atoms with E-state index in [1.165, 1.54) is 21.7 Å². The topological polar surface area (TPSA) is 15.3 Å². The van der Waals surface area contributed by atoms with Gasteiger partial charge in [0.15, 0.2) is 5.11 Å². The smallest absolute Gasteiger partial charge is 0.181 e. The molecule has 0 fully saturated rings. The summed E-state index contributed by atoms with van der Waals surface area (Å²) in [6.07, 6.45) is 0. The van der Waals surface area contributed by atoms with E-state index in [4.69, 9.17) is 12.2 Å². The first-order chi connectivity index (χ1) is 15.1. The van der Waals surface area contributed by atoms with Crippen LogP contribution < -0.4 is 20.6 Å². The maximum absolute atomic E-state index is 6.07. The molecule has 0 aliphatic carbocycles. The van der Waals surface area contributed by atoms with Gasteiger partial charge in [-0.2, -0.15) is 0 Å². The zero-order valence-electron chi connectivity index (χ0n) is 17.7. The molecule has 4 aromatic carbocycles. The van der Waals surface area contributed by atoms with Crippen LogP contribution in [-0.4, -0.2) is 5.11 Å². The Balaban J connectivity index is 1.86. The summed E-state index contributed by atoms with van der Waals surface area (Å²) in [5.74, 6) is 0. The number of para-hydroxylation sites is 2. The molecule has 0 amide bonds. The van der Waals surface area contributed by atoms with Crippen LogP contribution in [-0.2, 0) is 0 Å². The number of hydrogen-bond donors (Lipinski definition) is 1. The fourth-order valence-corrected chi connectivity index (χ4v) is 6.30. The molecule has 0 spiro atoms. The van der Waals surface area contributed by atoms with E-state index in [-0.39, 0.29) is 0 Å². The molecule has 0 saturated carbocycles. The third-order valence-electron chi connectivity index (χ3n) is 5.12. The Morgan fingerprint density at radius 3 is 1.68 bits per heavy atom. The third kappa shape index (κ3) is 4.85. The Labute approximate surface area is 191 Å². The molecule has 31 heavy (non-hydrogen) atoms. The molecule has 1 N–H and O–H groups in total. The minimum absolute atomic E-state index is 0.697. The van der Waals surface area contributed by atoms with Gasteiger partial charge in [0, 0.05) is 16.3 Å². The lowest BCUT2D eigenvalue weighted by Crippen LogP contribution is -2.37. The van der Waals surface area contributed by atoms with Crippen molar-refractivity contribution in [2.24, 2.45) is 0 Å². The van der Waals surface area contributed by atoms with Crippen LogP contribution in [0.25, 0.3) is 0 Å². The van der Waals surface area contributed by atoms with Gasteiger partial charge in [0.05, 0.1) is 13.8 Å². The van der Waals surface area contributed by atoms with Crippen LogP contribution in [0.2, 0.25) is 0 Å². The minimum atomic E-state index is -0.922. The Morgan fingerprint density at radius 1 is 0.645 bits per heavy atom. The molecule has 0 saturated heterocycles. The first kappa shape index (κ1) is 21.2. The molecule has 0 radical (unpaired) electrons. The SMILES string of the molecule is Cc1ccccc1NC(=S)N(c1ccccc1C)P(c1ccccc1)c1ccccc1. The summed E-state index contributed by atoms with van der Waals surface area (Å²) in [6.45, 7) is 4.24. The zero-order chi connectivity index (χ0) is 21.6. The van der Waals surface area contributed by atoms with Gasteiger partial charge in [0.2, 0.25) is 0 Å². The molecule has 0 bridgehead atoms. The molecule has 0 atom stereocenters. The average molecular weight is 441 g/mol. The Kier molecular flexibility index (Phi) is 6.76. The van der Waals surface area contributed by atoms with Crippen molar-refractivity contribution in [2.75, 3.05) is 9.99 Å². The zero-order valence-corrected chi connectivity index (χ0v) is 19.4. The molecule has 0 aromatic heterocycles. The van der Waals surface area contributed by atoms with E-state index < -0.39 is 8.07 Å². The fraction of sp³-hybridized carbons (Fsp3) is 0.0741. The highest BCUT2D eigenvalue weighted by molar-refractivity contribution is 7.84. The standard InChI is InChI=1S/C27H25N2PS/c1-21-13-9-11-19-25(21)28-27(31)29(26-20-12-10-14-22(26)2)30(23-15-5-3-6-16-23)24-17-7-4-8-18-24/h3-20H,1-2H3,(H,28,31). The van der Waals surface area contributed by atoms with Crippen molar-refractivity contribution >= 4 is 47.4 Å². The summed E-state index contributed by atoms with van der Waals surface area (Å²) >= 11 is 6.07. The fourth-order valence-electron chi connectivity index (χ4n) is 3.51. The molecule has 0 heterocycles. The van der Waals surface area contributed by atoms with Gasteiger partial charge in [-0.3, -0.25) is 4.67 Å². The molecule has 2 nitrogen and oxygen atoms in total. The van der Waals surface area contributed by atoms with Gasteiger partial charge in [0.1, 0.15) is 0 Å². The largest absolute Gasteiger partial charge is 0.332 e. The summed E-state index contributed by atoms with van der Waals surface area (Å²) in [4.78, 5) is 0. The second-order valence-electron chi connectivity index (χ2n) is 7.33. The van der Waals surface area contributed by atoms with Crippen LogP contribution in [0.1, 0.15) is 11.1 Å². The molecule has 0 unspecified atom stereocenters. The predicted octanol–water partition coefficient (Wildman–Crippen LogP) is 6.55. The van der Waals surface area contributed by atoms with E-state index in [9.17, 15) is 0 Å². The average Bonchev–Trinajstić information content (AvgIpc) is 2.81. The lowest BCUT2D eigenvalue weighted by molar-refractivity contribution is 1.38. The summed E-state index contributed by atoms with van der Waals surface area (Å²) in [6, 6.07) is 38.0. The number of nitrogens with one attached hydrogen (secondary N) is 1. The number of aryl methyl sites for hydroxylation is 2. The Bertz CT molecular complexity index is 1120. The number of rotatable bonds is 5. The summed E-state index contributed by atoms with van der Waals surface area (Å²) in [7, 11) is -0.922. The lowest BCUT2D eigenvalue weighted by atomic mass is 10.2. The van der Waals surface area contributed by atoms with Crippen molar-refractivity contribution < 1.29 is 0 Å². The highest BCUT2D eigenvalue weighted by Crippen LogP contribution is 2.44. The van der Waals surface area contributed by atoms with Crippen LogP contribution >= 0.6 is 20.3 Å². The van der Waals surface area contributed by atoms with Crippen LogP contribution in [0.15, 0.2) is 109 Å². The van der Waals surface area contributed by atoms with Crippen molar-refractivity contribution in [1.82, 2.24) is 0 Å². The van der Waals surface area contributed by atoms with Crippen molar-refractivity contribution in [3.8, 4) is 0 Å². The van der Waals surface area contributed by atoms with Gasteiger partial charge in [-0.15, -0.1) is 0 Å². The van der Waals surface area contributed by atoms with Crippen molar-refractivity contribution in [3.05, 3.63) is 120 Å². The molecular formula is C27H25N2PS. The Hall–Kier alpha value is -3.00. The van der Waals surface area contributed by atoms with Crippen LogP contribution in [0.3, 0.4) is 0 Å². The van der Waals surface area contributed by atoms with Crippen molar-refractivity contribution in [3.63, 3.8) is 0 Å². The number of anilines is 2. The van der Waals surface area contributed by atoms with E-state index in [2.05, 4.69) is 121 Å². The predicted molar refractivity (Wildman–Crippen MR) is 140 cm³/mol. The van der Waals surface area contributed by atoms with Crippen LogP contribution in [0, 0.1) is 13.8 Å². The second kappa shape index (κ2) is 9.87.